The molecule has 2 aromatic carbocycles. The molecule has 8 heteroatoms. The summed E-state index contributed by atoms with van der Waals surface area (Å²) in [5.41, 5.74) is 0.931. The number of amides is 1. The fraction of sp³-hybridized carbons (Fsp3) is 0.278. The van der Waals surface area contributed by atoms with Gasteiger partial charge in [-0.25, -0.2) is 8.42 Å². The van der Waals surface area contributed by atoms with Crippen LogP contribution in [-0.4, -0.2) is 38.5 Å². The molecule has 0 saturated carbocycles. The number of benzene rings is 2. The Balaban J connectivity index is 1.74. The molecule has 1 aliphatic rings. The Morgan fingerprint density at radius 1 is 1.04 bits per heavy atom. The summed E-state index contributed by atoms with van der Waals surface area (Å²) in [6.07, 6.45) is 0. The third-order valence-electron chi connectivity index (χ3n) is 4.09. The fourth-order valence-corrected chi connectivity index (χ4v) is 4.12. The second kappa shape index (κ2) is 7.35. The lowest BCUT2D eigenvalue weighted by molar-refractivity contribution is 0.102. The Labute approximate surface area is 152 Å². The molecule has 1 amide bonds. The molecule has 0 unspecified atom stereocenters. The summed E-state index contributed by atoms with van der Waals surface area (Å²) in [7, 11) is -3.52. The number of nitrogens with one attached hydrogen (secondary N) is 1. The van der Waals surface area contributed by atoms with Crippen LogP contribution in [0, 0.1) is 0 Å². The average molecular weight is 376 g/mol. The smallest absolute Gasteiger partial charge is 0.255 e. The first-order valence-corrected chi connectivity index (χ1v) is 9.71. The summed E-state index contributed by atoms with van der Waals surface area (Å²) < 4.78 is 36.8. The van der Waals surface area contributed by atoms with E-state index in [0.29, 0.717) is 35.8 Å². The van der Waals surface area contributed by atoms with Crippen molar-refractivity contribution in [1.82, 2.24) is 4.31 Å². The van der Waals surface area contributed by atoms with Gasteiger partial charge in [-0.2, -0.15) is 4.31 Å². The van der Waals surface area contributed by atoms with Crippen molar-refractivity contribution in [2.75, 3.05) is 25.2 Å². The molecule has 1 aliphatic heterocycles. The van der Waals surface area contributed by atoms with E-state index in [0.717, 1.165) is 0 Å². The van der Waals surface area contributed by atoms with Gasteiger partial charge in [0.1, 0.15) is 0 Å². The van der Waals surface area contributed by atoms with Crippen LogP contribution in [0.2, 0.25) is 0 Å². The monoisotopic (exact) mass is 376 g/mol. The SMILES string of the molecule is CCN(CC)S(=O)(=O)c1ccc(NC(=O)c2ccc3c(c2)OCO3)cc1. The van der Waals surface area contributed by atoms with Crippen molar-refractivity contribution in [3.8, 4) is 11.5 Å². The first kappa shape index (κ1) is 18.2. The number of carbonyl (C=O) groups is 1. The minimum absolute atomic E-state index is 0.142. The number of sulfonamides is 1. The van der Waals surface area contributed by atoms with Gasteiger partial charge < -0.3 is 14.8 Å². The molecular formula is C18H20N2O5S. The van der Waals surface area contributed by atoms with Gasteiger partial charge in [0.05, 0.1) is 4.90 Å². The Hall–Kier alpha value is -2.58. The molecule has 0 aliphatic carbocycles. The van der Waals surface area contributed by atoms with Crippen LogP contribution in [0.1, 0.15) is 24.2 Å². The van der Waals surface area contributed by atoms with Crippen LogP contribution in [0.3, 0.4) is 0 Å². The van der Waals surface area contributed by atoms with E-state index < -0.39 is 10.0 Å². The molecular weight excluding hydrogens is 356 g/mol. The Morgan fingerprint density at radius 2 is 1.69 bits per heavy atom. The van der Waals surface area contributed by atoms with Crippen molar-refractivity contribution in [2.24, 2.45) is 0 Å². The van der Waals surface area contributed by atoms with Crippen molar-refractivity contribution < 1.29 is 22.7 Å². The fourth-order valence-electron chi connectivity index (χ4n) is 2.66. The predicted octanol–water partition coefficient (Wildman–Crippen LogP) is 2.70. The second-order valence-corrected chi connectivity index (χ2v) is 7.57. The minimum atomic E-state index is -3.52. The number of hydrogen-bond acceptors (Lipinski definition) is 5. The Morgan fingerprint density at radius 3 is 2.35 bits per heavy atom. The van der Waals surface area contributed by atoms with Crippen molar-refractivity contribution in [1.29, 1.82) is 0 Å². The zero-order valence-electron chi connectivity index (χ0n) is 14.6. The highest BCUT2D eigenvalue weighted by atomic mass is 32.2. The molecule has 7 nitrogen and oxygen atoms in total. The molecule has 1 heterocycles. The lowest BCUT2D eigenvalue weighted by atomic mass is 10.2. The highest BCUT2D eigenvalue weighted by molar-refractivity contribution is 7.89. The number of hydrogen-bond donors (Lipinski definition) is 1. The largest absolute Gasteiger partial charge is 0.454 e. The zero-order valence-corrected chi connectivity index (χ0v) is 15.4. The number of carbonyl (C=O) groups excluding carboxylic acids is 1. The van der Waals surface area contributed by atoms with Gasteiger partial charge in [-0.15, -0.1) is 0 Å². The van der Waals surface area contributed by atoms with Gasteiger partial charge >= 0.3 is 0 Å². The van der Waals surface area contributed by atoms with E-state index >= 15 is 0 Å². The third kappa shape index (κ3) is 3.51. The molecule has 0 atom stereocenters. The van der Waals surface area contributed by atoms with Crippen molar-refractivity contribution in [3.63, 3.8) is 0 Å². The molecule has 0 aromatic heterocycles. The molecule has 0 fully saturated rings. The van der Waals surface area contributed by atoms with Gasteiger partial charge in [0, 0.05) is 24.3 Å². The van der Waals surface area contributed by atoms with E-state index in [1.54, 1.807) is 44.2 Å². The van der Waals surface area contributed by atoms with Crippen LogP contribution in [-0.2, 0) is 10.0 Å². The number of ether oxygens (including phenoxy) is 2. The van der Waals surface area contributed by atoms with Crippen LogP contribution in [0.25, 0.3) is 0 Å². The van der Waals surface area contributed by atoms with Gasteiger partial charge in [0.15, 0.2) is 11.5 Å². The van der Waals surface area contributed by atoms with Gasteiger partial charge in [-0.3, -0.25) is 4.79 Å². The molecule has 138 valence electrons. The molecule has 0 bridgehead atoms. The molecule has 0 saturated heterocycles. The number of fused-ring (bicyclic) bond motifs is 1. The summed E-state index contributed by atoms with van der Waals surface area (Å²) in [6, 6.07) is 11.0. The van der Waals surface area contributed by atoms with Gasteiger partial charge in [-0.05, 0) is 42.5 Å². The maximum absolute atomic E-state index is 12.5. The van der Waals surface area contributed by atoms with E-state index in [4.69, 9.17) is 9.47 Å². The van der Waals surface area contributed by atoms with Crippen LogP contribution < -0.4 is 14.8 Å². The summed E-state index contributed by atoms with van der Waals surface area (Å²) in [5, 5.41) is 2.74. The average Bonchev–Trinajstić information content (AvgIpc) is 3.10. The summed E-state index contributed by atoms with van der Waals surface area (Å²) in [6.45, 7) is 4.54. The Kier molecular flexibility index (Phi) is 5.15. The third-order valence-corrected chi connectivity index (χ3v) is 6.15. The standard InChI is InChI=1S/C18H20N2O5S/c1-3-20(4-2)26(22,23)15-8-6-14(7-9-15)19-18(21)13-5-10-16-17(11-13)25-12-24-16/h5-11H,3-4,12H2,1-2H3,(H,19,21). The van der Waals surface area contributed by atoms with Crippen molar-refractivity contribution in [2.45, 2.75) is 18.7 Å². The molecule has 3 rings (SSSR count). The Bertz CT molecular complexity index is 906. The van der Waals surface area contributed by atoms with Gasteiger partial charge in [0.2, 0.25) is 16.8 Å². The zero-order chi connectivity index (χ0) is 18.7. The van der Waals surface area contributed by atoms with Crippen molar-refractivity contribution >= 4 is 21.6 Å². The van der Waals surface area contributed by atoms with E-state index in [9.17, 15) is 13.2 Å². The maximum atomic E-state index is 12.5. The maximum Gasteiger partial charge on any atom is 0.255 e. The first-order chi connectivity index (χ1) is 12.5. The lowest BCUT2D eigenvalue weighted by Crippen LogP contribution is -2.30. The van der Waals surface area contributed by atoms with Crippen LogP contribution in [0.5, 0.6) is 11.5 Å². The minimum Gasteiger partial charge on any atom is -0.454 e. The summed E-state index contributed by atoms with van der Waals surface area (Å²) in [4.78, 5) is 12.6. The summed E-state index contributed by atoms with van der Waals surface area (Å²) >= 11 is 0. The lowest BCUT2D eigenvalue weighted by Gasteiger charge is -2.18. The topological polar surface area (TPSA) is 84.9 Å². The molecule has 1 N–H and O–H groups in total. The van der Waals surface area contributed by atoms with Gasteiger partial charge in [0.25, 0.3) is 5.91 Å². The summed E-state index contributed by atoms with van der Waals surface area (Å²) in [5.74, 6) is 0.813. The second-order valence-electron chi connectivity index (χ2n) is 5.64. The van der Waals surface area contributed by atoms with E-state index in [2.05, 4.69) is 5.32 Å². The molecule has 0 spiro atoms. The number of rotatable bonds is 6. The number of nitrogens with zero attached hydrogens (tertiary/aromatic N) is 1. The van der Waals surface area contributed by atoms with Gasteiger partial charge in [-0.1, -0.05) is 13.8 Å². The molecule has 0 radical (unpaired) electrons. The number of anilines is 1. The quantitative estimate of drug-likeness (QED) is 0.838. The predicted molar refractivity (Wildman–Crippen MR) is 97.1 cm³/mol. The normalized spacial score (nSPS) is 13.0. The van der Waals surface area contributed by atoms with E-state index in [1.165, 1.54) is 16.4 Å². The van der Waals surface area contributed by atoms with Crippen LogP contribution in [0.4, 0.5) is 5.69 Å². The highest BCUT2D eigenvalue weighted by Crippen LogP contribution is 2.32. The van der Waals surface area contributed by atoms with Crippen LogP contribution >= 0.6 is 0 Å². The highest BCUT2D eigenvalue weighted by Gasteiger charge is 2.21. The first-order valence-electron chi connectivity index (χ1n) is 8.27. The molecule has 26 heavy (non-hydrogen) atoms. The van der Waals surface area contributed by atoms with Crippen molar-refractivity contribution in [3.05, 3.63) is 48.0 Å². The van der Waals surface area contributed by atoms with E-state index in [1.807, 2.05) is 0 Å². The van der Waals surface area contributed by atoms with Crippen LogP contribution in [0.15, 0.2) is 47.4 Å². The molecule has 2 aromatic rings. The van der Waals surface area contributed by atoms with E-state index in [-0.39, 0.29) is 17.6 Å².